The Balaban J connectivity index is 3.40. The number of esters is 2. The van der Waals surface area contributed by atoms with E-state index >= 15 is 0 Å². The lowest BCUT2D eigenvalue weighted by Crippen LogP contribution is -2.55. The van der Waals surface area contributed by atoms with E-state index in [9.17, 15) is 19.1 Å². The molecule has 1 rings (SSSR count). The largest absolute Gasteiger partial charge is 0.508 e. The summed E-state index contributed by atoms with van der Waals surface area (Å²) in [7, 11) is 1.02. The summed E-state index contributed by atoms with van der Waals surface area (Å²) in [6, 6.07) is 2.88. The van der Waals surface area contributed by atoms with Crippen molar-refractivity contribution < 1.29 is 28.6 Å². The fraction of sp³-hybridized carbons (Fsp3) is 0.429. The molecule has 0 spiro atoms. The second-order valence-electron chi connectivity index (χ2n) is 5.47. The normalized spacial score (nSPS) is 14.2. The third kappa shape index (κ3) is 3.49. The predicted octanol–water partition coefficient (Wildman–Crippen LogP) is 1.20. The van der Waals surface area contributed by atoms with Crippen LogP contribution in [0.25, 0.3) is 0 Å². The lowest BCUT2D eigenvalue weighted by Gasteiger charge is -2.29. The van der Waals surface area contributed by atoms with Crippen LogP contribution in [0.3, 0.4) is 0 Å². The lowest BCUT2D eigenvalue weighted by atomic mass is 9.90. The summed E-state index contributed by atoms with van der Waals surface area (Å²) in [5, 5.41) is 9.21. The number of hydrogen-bond acceptors (Lipinski definition) is 6. The molecule has 0 aliphatic rings. The molecule has 1 unspecified atom stereocenters. The number of rotatable bonds is 3. The number of ether oxygens (including phenoxy) is 2. The molecule has 21 heavy (non-hydrogen) atoms. The number of hydrogen-bond donors (Lipinski definition) is 2. The van der Waals surface area contributed by atoms with Crippen LogP contribution in [0.5, 0.6) is 5.75 Å². The molecule has 116 valence electrons. The summed E-state index contributed by atoms with van der Waals surface area (Å²) in [4.78, 5) is 24.2. The minimum atomic E-state index is -2.46. The van der Waals surface area contributed by atoms with E-state index < -0.39 is 34.5 Å². The van der Waals surface area contributed by atoms with Crippen molar-refractivity contribution >= 4 is 11.9 Å². The number of phenols is 1. The van der Waals surface area contributed by atoms with E-state index in [1.54, 1.807) is 20.8 Å². The van der Waals surface area contributed by atoms with Crippen molar-refractivity contribution in [2.24, 2.45) is 5.73 Å². The molecule has 0 amide bonds. The number of aromatic hydroxyl groups is 1. The van der Waals surface area contributed by atoms with Gasteiger partial charge in [0.05, 0.1) is 7.11 Å². The molecule has 0 saturated carbocycles. The van der Waals surface area contributed by atoms with Gasteiger partial charge in [-0.05, 0) is 32.9 Å². The molecule has 1 atom stereocenters. The molecule has 0 aliphatic heterocycles. The highest BCUT2D eigenvalue weighted by molar-refractivity contribution is 6.05. The van der Waals surface area contributed by atoms with Crippen LogP contribution in [0.2, 0.25) is 0 Å². The number of phenolic OH excluding ortho intramolecular Hbond substituents is 1. The summed E-state index contributed by atoms with van der Waals surface area (Å²) in [5.74, 6) is -3.70. The average molecular weight is 299 g/mol. The van der Waals surface area contributed by atoms with Crippen LogP contribution in [0.15, 0.2) is 18.2 Å². The van der Waals surface area contributed by atoms with Gasteiger partial charge < -0.3 is 20.3 Å². The molecule has 7 heteroatoms. The summed E-state index contributed by atoms with van der Waals surface area (Å²) in [6.45, 7) is 4.74. The van der Waals surface area contributed by atoms with Crippen molar-refractivity contribution in [1.82, 2.24) is 0 Å². The summed E-state index contributed by atoms with van der Waals surface area (Å²) >= 11 is 0. The van der Waals surface area contributed by atoms with E-state index in [4.69, 9.17) is 10.5 Å². The van der Waals surface area contributed by atoms with Gasteiger partial charge in [0.15, 0.2) is 0 Å². The molecule has 0 fully saturated rings. The average Bonchev–Trinajstić information content (AvgIpc) is 2.34. The van der Waals surface area contributed by atoms with Crippen molar-refractivity contribution in [3.8, 4) is 5.75 Å². The molecule has 0 aliphatic carbocycles. The van der Waals surface area contributed by atoms with Crippen molar-refractivity contribution in [2.45, 2.75) is 31.9 Å². The van der Waals surface area contributed by atoms with Gasteiger partial charge in [-0.1, -0.05) is 0 Å². The summed E-state index contributed by atoms with van der Waals surface area (Å²) < 4.78 is 23.5. The van der Waals surface area contributed by atoms with E-state index in [-0.39, 0.29) is 5.75 Å². The molecule has 3 N–H and O–H groups in total. The molecular formula is C14H18FNO5. The maximum atomic E-state index is 14.0. The highest BCUT2D eigenvalue weighted by Crippen LogP contribution is 2.28. The van der Waals surface area contributed by atoms with Gasteiger partial charge >= 0.3 is 11.9 Å². The predicted molar refractivity (Wildman–Crippen MR) is 71.8 cm³/mol. The molecule has 0 aromatic heterocycles. The Morgan fingerprint density at radius 1 is 1.24 bits per heavy atom. The van der Waals surface area contributed by atoms with E-state index in [1.165, 1.54) is 0 Å². The van der Waals surface area contributed by atoms with Crippen LogP contribution in [0.4, 0.5) is 4.39 Å². The molecule has 1 aromatic rings. The molecular weight excluding hydrogens is 281 g/mol. The van der Waals surface area contributed by atoms with Crippen LogP contribution in [-0.4, -0.2) is 29.8 Å². The number of halogens is 1. The zero-order chi connectivity index (χ0) is 16.4. The fourth-order valence-electron chi connectivity index (χ4n) is 1.65. The van der Waals surface area contributed by atoms with Crippen LogP contribution in [-0.2, 0) is 24.6 Å². The van der Waals surface area contributed by atoms with Gasteiger partial charge in [0.2, 0.25) is 5.54 Å². The summed E-state index contributed by atoms with van der Waals surface area (Å²) in [6.07, 6.45) is 0. The number of carbonyl (C=O) groups is 2. The number of nitrogens with two attached hydrogens (primary N) is 1. The monoisotopic (exact) mass is 299 g/mol. The lowest BCUT2D eigenvalue weighted by molar-refractivity contribution is -0.171. The van der Waals surface area contributed by atoms with Crippen LogP contribution in [0.1, 0.15) is 26.3 Å². The molecule has 0 radical (unpaired) electrons. The maximum Gasteiger partial charge on any atom is 0.343 e. The van der Waals surface area contributed by atoms with Crippen LogP contribution in [0, 0.1) is 5.82 Å². The Morgan fingerprint density at radius 3 is 2.24 bits per heavy atom. The van der Waals surface area contributed by atoms with Crippen molar-refractivity contribution in [3.05, 3.63) is 29.6 Å². The van der Waals surface area contributed by atoms with Gasteiger partial charge in [0.25, 0.3) is 0 Å². The van der Waals surface area contributed by atoms with Gasteiger partial charge in [0, 0.05) is 11.6 Å². The Labute approximate surface area is 121 Å². The quantitative estimate of drug-likeness (QED) is 0.643. The number of methoxy groups -OCH3 is 1. The van der Waals surface area contributed by atoms with Crippen molar-refractivity contribution in [3.63, 3.8) is 0 Å². The first-order valence-corrected chi connectivity index (χ1v) is 6.12. The van der Waals surface area contributed by atoms with Gasteiger partial charge in [0.1, 0.15) is 17.2 Å². The first-order chi connectivity index (χ1) is 9.52. The molecule has 0 bridgehead atoms. The zero-order valence-electron chi connectivity index (χ0n) is 12.3. The van der Waals surface area contributed by atoms with Crippen molar-refractivity contribution in [1.29, 1.82) is 0 Å². The smallest absolute Gasteiger partial charge is 0.343 e. The van der Waals surface area contributed by atoms with Gasteiger partial charge in [-0.25, -0.2) is 14.0 Å². The minimum absolute atomic E-state index is 0.368. The second-order valence-corrected chi connectivity index (χ2v) is 5.47. The van der Waals surface area contributed by atoms with E-state index in [2.05, 4.69) is 4.74 Å². The Hall–Kier alpha value is -2.15. The van der Waals surface area contributed by atoms with Gasteiger partial charge in [-0.15, -0.1) is 0 Å². The first kappa shape index (κ1) is 16.9. The van der Waals surface area contributed by atoms with E-state index in [0.717, 1.165) is 25.3 Å². The van der Waals surface area contributed by atoms with Crippen LogP contribution < -0.4 is 5.73 Å². The standard InChI is InChI=1S/C14H18FNO5/c1-13(2,3)21-12(19)14(16,11(18)20-4)9-6-5-8(17)7-10(9)15/h5-7,17H,16H2,1-4H3. The molecule has 1 aromatic carbocycles. The molecule has 0 heterocycles. The highest BCUT2D eigenvalue weighted by Gasteiger charge is 2.49. The highest BCUT2D eigenvalue weighted by atomic mass is 19.1. The maximum absolute atomic E-state index is 14.0. The molecule has 0 saturated heterocycles. The molecule has 6 nitrogen and oxygen atoms in total. The Morgan fingerprint density at radius 2 is 1.81 bits per heavy atom. The number of carbonyl (C=O) groups excluding carboxylic acids is 2. The SMILES string of the molecule is COC(=O)C(N)(C(=O)OC(C)(C)C)c1ccc(O)cc1F. The second kappa shape index (κ2) is 5.69. The third-order valence-electron chi connectivity index (χ3n) is 2.61. The Bertz CT molecular complexity index is 567. The minimum Gasteiger partial charge on any atom is -0.508 e. The van der Waals surface area contributed by atoms with Gasteiger partial charge in [-0.2, -0.15) is 0 Å². The number of benzene rings is 1. The third-order valence-corrected chi connectivity index (χ3v) is 2.61. The zero-order valence-corrected chi connectivity index (χ0v) is 12.3. The summed E-state index contributed by atoms with van der Waals surface area (Å²) in [5.41, 5.74) is 1.98. The van der Waals surface area contributed by atoms with E-state index in [1.807, 2.05) is 0 Å². The fourth-order valence-corrected chi connectivity index (χ4v) is 1.65. The first-order valence-electron chi connectivity index (χ1n) is 6.12. The topological polar surface area (TPSA) is 98.9 Å². The van der Waals surface area contributed by atoms with Crippen LogP contribution >= 0.6 is 0 Å². The van der Waals surface area contributed by atoms with Gasteiger partial charge in [-0.3, -0.25) is 0 Å². The van der Waals surface area contributed by atoms with Crippen molar-refractivity contribution in [2.75, 3.05) is 7.11 Å². The van der Waals surface area contributed by atoms with E-state index in [0.29, 0.717) is 0 Å². The Kier molecular flexibility index (Phi) is 4.58.